The highest BCUT2D eigenvalue weighted by Gasteiger charge is 2.45. The largest absolute Gasteiger partial charge is 0.392 e. The lowest BCUT2D eigenvalue weighted by Crippen LogP contribution is -2.46. The van der Waals surface area contributed by atoms with E-state index in [1.54, 1.807) is 29.2 Å². The molecule has 3 aliphatic rings. The van der Waals surface area contributed by atoms with E-state index in [0.29, 0.717) is 41.2 Å². The van der Waals surface area contributed by atoms with Crippen LogP contribution in [0.1, 0.15) is 18.5 Å². The van der Waals surface area contributed by atoms with Crippen molar-refractivity contribution in [2.75, 3.05) is 13.2 Å². The molecule has 0 radical (unpaired) electrons. The Balaban J connectivity index is 1.61. The van der Waals surface area contributed by atoms with Gasteiger partial charge < -0.3 is 15.0 Å². The summed E-state index contributed by atoms with van der Waals surface area (Å²) in [7, 11) is 0. The molecule has 3 aliphatic heterocycles. The minimum Gasteiger partial charge on any atom is -0.392 e. The molecule has 1 aromatic carbocycles. The number of quaternary nitrogens is 1. The Morgan fingerprint density at radius 3 is 2.77 bits per heavy atom. The molecule has 154 valence electrons. The van der Waals surface area contributed by atoms with Crippen LogP contribution in [0.15, 0.2) is 70.6 Å². The molecule has 0 spiro atoms. The van der Waals surface area contributed by atoms with E-state index >= 15 is 4.39 Å². The molecular weight excluding hydrogens is 405 g/mol. The Bertz CT molecular complexity index is 1140. The number of nitrogens with zero attached hydrogens (tertiary/aromatic N) is 4. The van der Waals surface area contributed by atoms with E-state index < -0.39 is 0 Å². The third kappa shape index (κ3) is 3.10. The van der Waals surface area contributed by atoms with Crippen LogP contribution in [0.25, 0.3) is 5.69 Å². The molecule has 30 heavy (non-hydrogen) atoms. The van der Waals surface area contributed by atoms with Crippen LogP contribution in [0, 0.1) is 18.7 Å². The molecule has 5 rings (SSSR count). The highest BCUT2D eigenvalue weighted by molar-refractivity contribution is 6.33. The molecular formula is C22H22ClFN5O+. The van der Waals surface area contributed by atoms with Gasteiger partial charge in [-0.1, -0.05) is 11.6 Å². The normalized spacial score (nSPS) is 24.1. The van der Waals surface area contributed by atoms with Crippen molar-refractivity contribution in [3.63, 3.8) is 0 Å². The van der Waals surface area contributed by atoms with E-state index in [4.69, 9.17) is 27.1 Å². The molecule has 6 nitrogen and oxygen atoms in total. The summed E-state index contributed by atoms with van der Waals surface area (Å²) in [4.78, 5) is 9.05. The Hall–Kier alpha value is -2.74. The first-order chi connectivity index (χ1) is 14.5. The zero-order chi connectivity index (χ0) is 20.9. The SMILES string of the molecule is Cc1cn(-c2ccc([N+]34C=C(Cl)C=C(N)C3=NC(C3CCOCC3)=C4)cc2F)cn1. The lowest BCUT2D eigenvalue weighted by molar-refractivity contribution is 0.0755. The first-order valence-electron chi connectivity index (χ1n) is 9.91. The highest BCUT2D eigenvalue weighted by atomic mass is 35.5. The first kappa shape index (κ1) is 19.2. The van der Waals surface area contributed by atoms with Gasteiger partial charge in [-0.15, -0.1) is 0 Å². The van der Waals surface area contributed by atoms with Gasteiger partial charge in [0.1, 0.15) is 23.8 Å². The second-order valence-corrected chi connectivity index (χ2v) is 8.26. The fraction of sp³-hybridized carbons (Fsp3) is 0.273. The number of imidazole rings is 1. The molecule has 0 aliphatic carbocycles. The van der Waals surface area contributed by atoms with Crippen molar-refractivity contribution < 1.29 is 9.13 Å². The number of benzene rings is 1. The zero-order valence-corrected chi connectivity index (χ0v) is 17.3. The van der Waals surface area contributed by atoms with Crippen molar-refractivity contribution in [1.82, 2.24) is 14.0 Å². The molecule has 0 saturated carbocycles. The van der Waals surface area contributed by atoms with Gasteiger partial charge in [-0.2, -0.15) is 9.48 Å². The number of aromatic nitrogens is 2. The van der Waals surface area contributed by atoms with E-state index in [-0.39, 0.29) is 16.2 Å². The third-order valence-electron chi connectivity index (χ3n) is 5.79. The van der Waals surface area contributed by atoms with Gasteiger partial charge in [0.2, 0.25) is 0 Å². The molecule has 0 amide bonds. The predicted molar refractivity (Wildman–Crippen MR) is 115 cm³/mol. The summed E-state index contributed by atoms with van der Waals surface area (Å²) in [6, 6.07) is 5.14. The number of aliphatic imine (C=N–C) groups is 1. The van der Waals surface area contributed by atoms with Crippen molar-refractivity contribution in [2.45, 2.75) is 19.8 Å². The quantitative estimate of drug-likeness (QED) is 0.746. The van der Waals surface area contributed by atoms with Gasteiger partial charge in [0.25, 0.3) is 5.84 Å². The number of halogens is 2. The maximum atomic E-state index is 15.2. The van der Waals surface area contributed by atoms with Crippen LogP contribution in [-0.2, 0) is 4.74 Å². The molecule has 0 bridgehead atoms. The van der Waals surface area contributed by atoms with Crippen molar-refractivity contribution in [1.29, 1.82) is 0 Å². The molecule has 1 atom stereocenters. The molecule has 8 heteroatoms. The van der Waals surface area contributed by atoms with E-state index in [1.165, 1.54) is 6.07 Å². The number of rotatable bonds is 3. The van der Waals surface area contributed by atoms with Gasteiger partial charge in [0.15, 0.2) is 11.5 Å². The lowest BCUT2D eigenvalue weighted by atomic mass is 9.97. The summed E-state index contributed by atoms with van der Waals surface area (Å²) >= 11 is 6.40. The van der Waals surface area contributed by atoms with Crippen molar-refractivity contribution >= 4 is 23.1 Å². The summed E-state index contributed by atoms with van der Waals surface area (Å²) in [5, 5.41) is 0.491. The first-order valence-corrected chi connectivity index (χ1v) is 10.3. The van der Waals surface area contributed by atoms with Gasteiger partial charge in [0.05, 0.1) is 22.7 Å². The molecule has 1 saturated heterocycles. The maximum absolute atomic E-state index is 15.2. The monoisotopic (exact) mass is 426 g/mol. The number of amidine groups is 1. The summed E-state index contributed by atoms with van der Waals surface area (Å²) in [6.45, 7) is 3.29. The second kappa shape index (κ2) is 7.19. The Kier molecular flexibility index (Phi) is 4.61. The second-order valence-electron chi connectivity index (χ2n) is 7.82. The zero-order valence-electron chi connectivity index (χ0n) is 16.6. The molecule has 1 aromatic heterocycles. The predicted octanol–water partition coefficient (Wildman–Crippen LogP) is 4.24. The van der Waals surface area contributed by atoms with Crippen molar-refractivity contribution in [2.24, 2.45) is 16.6 Å². The molecule has 2 N–H and O–H groups in total. The minimum absolute atomic E-state index is 0.0774. The van der Waals surface area contributed by atoms with Crippen LogP contribution >= 0.6 is 11.6 Å². The Morgan fingerprint density at radius 1 is 1.27 bits per heavy atom. The van der Waals surface area contributed by atoms with Crippen LogP contribution < -0.4 is 10.2 Å². The fourth-order valence-corrected chi connectivity index (χ4v) is 4.55. The fourth-order valence-electron chi connectivity index (χ4n) is 4.27. The standard InChI is InChI=1S/C22H22ClFN5O/c1-14-10-28(13-26-14)21-3-2-17(9-18(21)24)29-11-16(23)8-19(25)22(29)27-20(12-29)15-4-6-30-7-5-15/h2-3,8-13,15H,4-7,25H2,1H3/q+1. The molecule has 1 unspecified atom stereocenters. The summed E-state index contributed by atoms with van der Waals surface area (Å²) < 4.78 is 22.4. The minimum atomic E-state index is -0.359. The number of aryl methyl sites for hydroxylation is 1. The molecule has 2 aromatic rings. The van der Waals surface area contributed by atoms with Gasteiger partial charge >= 0.3 is 0 Å². The smallest absolute Gasteiger partial charge is 0.266 e. The van der Waals surface area contributed by atoms with Crippen LogP contribution in [0.5, 0.6) is 0 Å². The maximum Gasteiger partial charge on any atom is 0.266 e. The van der Waals surface area contributed by atoms with Crippen LogP contribution in [-0.4, -0.2) is 28.6 Å². The van der Waals surface area contributed by atoms with E-state index in [9.17, 15) is 0 Å². The average Bonchev–Trinajstić information content (AvgIpc) is 3.33. The molecule has 4 heterocycles. The third-order valence-corrected chi connectivity index (χ3v) is 5.99. The van der Waals surface area contributed by atoms with Gasteiger partial charge in [-0.3, -0.25) is 0 Å². The number of fused-ring (bicyclic) bond motifs is 1. The topological polar surface area (TPSA) is 65.4 Å². The van der Waals surface area contributed by atoms with Gasteiger partial charge in [-0.25, -0.2) is 9.37 Å². The van der Waals surface area contributed by atoms with Crippen molar-refractivity contribution in [3.05, 3.63) is 77.1 Å². The highest BCUT2D eigenvalue weighted by Crippen LogP contribution is 2.41. The lowest BCUT2D eigenvalue weighted by Gasteiger charge is -2.30. The number of ether oxygens (including phenoxy) is 1. The summed E-state index contributed by atoms with van der Waals surface area (Å²) in [6.07, 6.45) is 10.8. The van der Waals surface area contributed by atoms with E-state index in [2.05, 4.69) is 4.98 Å². The van der Waals surface area contributed by atoms with Crippen LogP contribution in [0.3, 0.4) is 0 Å². The van der Waals surface area contributed by atoms with Crippen molar-refractivity contribution in [3.8, 4) is 5.69 Å². The Labute approximate surface area is 179 Å². The number of hydrogen-bond donors (Lipinski definition) is 1. The molecule has 1 fully saturated rings. The number of allylic oxidation sites excluding steroid dienone is 3. The number of hydrogen-bond acceptors (Lipinski definition) is 4. The van der Waals surface area contributed by atoms with E-state index in [1.807, 2.05) is 25.4 Å². The summed E-state index contributed by atoms with van der Waals surface area (Å²) in [5.41, 5.74) is 9.67. The van der Waals surface area contributed by atoms with Crippen LogP contribution in [0.2, 0.25) is 0 Å². The van der Waals surface area contributed by atoms with Crippen LogP contribution in [0.4, 0.5) is 10.1 Å². The van der Waals surface area contributed by atoms with Gasteiger partial charge in [-0.05, 0) is 31.9 Å². The van der Waals surface area contributed by atoms with Gasteiger partial charge in [0, 0.05) is 37.5 Å². The average molecular weight is 427 g/mol. The summed E-state index contributed by atoms with van der Waals surface area (Å²) in [5.74, 6) is 0.568. The van der Waals surface area contributed by atoms with E-state index in [0.717, 1.165) is 24.2 Å². The number of nitrogens with two attached hydrogens (primary N) is 1. The Morgan fingerprint density at radius 2 is 2.07 bits per heavy atom.